The second kappa shape index (κ2) is 8.03. The van der Waals surface area contributed by atoms with Crippen molar-refractivity contribution in [3.8, 4) is 0 Å². The number of hydrogen-bond acceptors (Lipinski definition) is 5. The van der Waals surface area contributed by atoms with E-state index in [-0.39, 0.29) is 23.3 Å². The maximum atomic E-state index is 12.4. The molecule has 1 aliphatic carbocycles. The lowest BCUT2D eigenvalue weighted by Gasteiger charge is -2.14. The molecule has 1 aromatic carbocycles. The summed E-state index contributed by atoms with van der Waals surface area (Å²) in [5.74, 6) is 0.297. The van der Waals surface area contributed by atoms with Gasteiger partial charge in [0.2, 0.25) is 10.0 Å². The highest BCUT2D eigenvalue weighted by Gasteiger charge is 2.52. The average Bonchev–Trinajstić information content (AvgIpc) is 3.24. The molecule has 140 valence electrons. The maximum absolute atomic E-state index is 12.4. The largest absolute Gasteiger partial charge is 0.468 e. The number of esters is 1. The zero-order valence-electron chi connectivity index (χ0n) is 14.3. The van der Waals surface area contributed by atoms with Gasteiger partial charge in [-0.3, -0.25) is 4.79 Å². The molecule has 1 saturated carbocycles. The van der Waals surface area contributed by atoms with E-state index in [4.69, 9.17) is 4.74 Å². The van der Waals surface area contributed by atoms with Crippen LogP contribution in [0.3, 0.4) is 0 Å². The Hall–Kier alpha value is -1.15. The Bertz CT molecular complexity index is 696. The summed E-state index contributed by atoms with van der Waals surface area (Å²) < 4.78 is 32.2. The molecule has 0 bridgehead atoms. The highest BCUT2D eigenvalue weighted by molar-refractivity contribution is 7.89. The van der Waals surface area contributed by atoms with Gasteiger partial charge in [0.15, 0.2) is 0 Å². The fraction of sp³-hybridized carbons (Fsp3) is 0.588. The van der Waals surface area contributed by atoms with E-state index in [0.29, 0.717) is 12.5 Å². The van der Waals surface area contributed by atoms with Crippen molar-refractivity contribution in [2.24, 2.45) is 5.92 Å². The minimum Gasteiger partial charge on any atom is -0.468 e. The molecule has 0 aromatic heterocycles. The van der Waals surface area contributed by atoms with Gasteiger partial charge in [-0.2, -0.15) is 0 Å². The first-order valence-corrected chi connectivity index (χ1v) is 9.86. The number of carbonyl (C=O) groups excluding carboxylic acids is 1. The van der Waals surface area contributed by atoms with Gasteiger partial charge in [0.25, 0.3) is 0 Å². The molecule has 1 aliphatic heterocycles. The van der Waals surface area contributed by atoms with Crippen LogP contribution in [0.15, 0.2) is 29.2 Å². The molecule has 0 radical (unpaired) electrons. The fourth-order valence-electron chi connectivity index (χ4n) is 3.33. The predicted octanol–water partition coefficient (Wildman–Crippen LogP) is 1.59. The van der Waals surface area contributed by atoms with Crippen LogP contribution in [0.4, 0.5) is 0 Å². The van der Waals surface area contributed by atoms with Crippen molar-refractivity contribution < 1.29 is 17.9 Å². The topological polar surface area (TPSA) is 84.5 Å². The summed E-state index contributed by atoms with van der Waals surface area (Å²) in [5, 5.41) is 3.28. The third kappa shape index (κ3) is 4.34. The maximum Gasteiger partial charge on any atom is 0.316 e. The number of sulfonamides is 1. The lowest BCUT2D eigenvalue weighted by molar-refractivity contribution is -0.143. The van der Waals surface area contributed by atoms with Crippen LogP contribution in [0.5, 0.6) is 0 Å². The van der Waals surface area contributed by atoms with E-state index < -0.39 is 15.4 Å². The Kier molecular flexibility index (Phi) is 6.48. The number of rotatable bonds is 7. The van der Waals surface area contributed by atoms with Gasteiger partial charge in [0.05, 0.1) is 17.4 Å². The van der Waals surface area contributed by atoms with Gasteiger partial charge in [-0.1, -0.05) is 12.1 Å². The summed E-state index contributed by atoms with van der Waals surface area (Å²) in [6.45, 7) is 2.43. The summed E-state index contributed by atoms with van der Waals surface area (Å²) in [4.78, 5) is 12.1. The van der Waals surface area contributed by atoms with Crippen LogP contribution < -0.4 is 10.0 Å². The van der Waals surface area contributed by atoms with Crippen molar-refractivity contribution >= 4 is 28.4 Å². The van der Waals surface area contributed by atoms with Crippen molar-refractivity contribution in [1.82, 2.24) is 10.0 Å². The van der Waals surface area contributed by atoms with Gasteiger partial charge in [-0.05, 0) is 62.4 Å². The van der Waals surface area contributed by atoms with E-state index in [1.54, 1.807) is 24.3 Å². The SMILES string of the molecule is COC(=O)C1(c2ccc(S(=O)(=O)NCCC3CCNC3)cc2)CC1.Cl. The number of methoxy groups -OCH3 is 1. The van der Waals surface area contributed by atoms with Crippen molar-refractivity contribution in [1.29, 1.82) is 0 Å². The minimum absolute atomic E-state index is 0. The number of ether oxygens (including phenoxy) is 1. The van der Waals surface area contributed by atoms with Crippen molar-refractivity contribution in [2.45, 2.75) is 36.0 Å². The van der Waals surface area contributed by atoms with E-state index in [9.17, 15) is 13.2 Å². The molecule has 0 spiro atoms. The smallest absolute Gasteiger partial charge is 0.316 e. The molecule has 25 heavy (non-hydrogen) atoms. The highest BCUT2D eigenvalue weighted by atomic mass is 35.5. The molecule has 1 aromatic rings. The van der Waals surface area contributed by atoms with Crippen molar-refractivity contribution in [3.63, 3.8) is 0 Å². The van der Waals surface area contributed by atoms with E-state index >= 15 is 0 Å². The minimum atomic E-state index is -3.51. The summed E-state index contributed by atoms with van der Waals surface area (Å²) in [5.41, 5.74) is 0.255. The van der Waals surface area contributed by atoms with Crippen LogP contribution >= 0.6 is 12.4 Å². The molecule has 8 heteroatoms. The first kappa shape index (κ1) is 20.2. The van der Waals surface area contributed by atoms with Crippen LogP contribution in [0.2, 0.25) is 0 Å². The van der Waals surface area contributed by atoms with E-state index in [2.05, 4.69) is 10.0 Å². The average molecular weight is 389 g/mol. The first-order chi connectivity index (χ1) is 11.5. The van der Waals surface area contributed by atoms with Gasteiger partial charge >= 0.3 is 5.97 Å². The summed E-state index contributed by atoms with van der Waals surface area (Å²) in [6, 6.07) is 6.58. The van der Waals surface area contributed by atoms with Crippen LogP contribution in [0.25, 0.3) is 0 Å². The number of benzene rings is 1. The van der Waals surface area contributed by atoms with Gasteiger partial charge in [0, 0.05) is 6.54 Å². The molecule has 1 unspecified atom stereocenters. The summed E-state index contributed by atoms with van der Waals surface area (Å²) >= 11 is 0. The molecule has 3 rings (SSSR count). The molecule has 1 atom stereocenters. The third-order valence-electron chi connectivity index (χ3n) is 5.05. The summed E-state index contributed by atoms with van der Waals surface area (Å²) in [6.07, 6.45) is 3.45. The van der Waals surface area contributed by atoms with Crippen LogP contribution in [0.1, 0.15) is 31.2 Å². The molecule has 2 fully saturated rings. The van der Waals surface area contributed by atoms with Crippen molar-refractivity contribution in [2.75, 3.05) is 26.7 Å². The Morgan fingerprint density at radius 3 is 2.52 bits per heavy atom. The summed E-state index contributed by atoms with van der Waals surface area (Å²) in [7, 11) is -2.13. The molecule has 2 aliphatic rings. The van der Waals surface area contributed by atoms with E-state index in [1.165, 1.54) is 7.11 Å². The Morgan fingerprint density at radius 2 is 2.00 bits per heavy atom. The first-order valence-electron chi connectivity index (χ1n) is 8.37. The third-order valence-corrected chi connectivity index (χ3v) is 6.53. The highest BCUT2D eigenvalue weighted by Crippen LogP contribution is 2.49. The number of hydrogen-bond donors (Lipinski definition) is 2. The van der Waals surface area contributed by atoms with Gasteiger partial charge in [-0.25, -0.2) is 13.1 Å². The van der Waals surface area contributed by atoms with E-state index in [1.807, 2.05) is 0 Å². The standard InChI is InChI=1S/C17H24N2O4S.ClH/c1-23-16(20)17(8-9-17)14-2-4-15(5-3-14)24(21,22)19-11-7-13-6-10-18-12-13;/h2-5,13,18-19H,6-12H2,1H3;1H. The zero-order valence-corrected chi connectivity index (χ0v) is 15.9. The zero-order chi connectivity index (χ0) is 17.2. The number of halogens is 1. The van der Waals surface area contributed by atoms with Gasteiger partial charge in [-0.15, -0.1) is 12.4 Å². The fourth-order valence-corrected chi connectivity index (χ4v) is 4.37. The Balaban J connectivity index is 0.00000225. The molecule has 1 heterocycles. The number of nitrogens with one attached hydrogen (secondary N) is 2. The molecule has 0 amide bonds. The van der Waals surface area contributed by atoms with Gasteiger partial charge in [0.1, 0.15) is 0 Å². The van der Waals surface area contributed by atoms with E-state index in [0.717, 1.165) is 44.3 Å². The second-order valence-electron chi connectivity index (χ2n) is 6.64. The molecular formula is C17H25ClN2O4S. The Labute approximate surface area is 155 Å². The molecular weight excluding hydrogens is 364 g/mol. The van der Waals surface area contributed by atoms with Crippen molar-refractivity contribution in [3.05, 3.63) is 29.8 Å². The van der Waals surface area contributed by atoms with Crippen LogP contribution in [-0.2, 0) is 25.0 Å². The molecule has 6 nitrogen and oxygen atoms in total. The van der Waals surface area contributed by atoms with Gasteiger partial charge < -0.3 is 10.1 Å². The molecule has 2 N–H and O–H groups in total. The predicted molar refractivity (Wildman–Crippen MR) is 97.4 cm³/mol. The lowest BCUT2D eigenvalue weighted by Crippen LogP contribution is -2.27. The van der Waals surface area contributed by atoms with Crippen LogP contribution in [-0.4, -0.2) is 41.1 Å². The second-order valence-corrected chi connectivity index (χ2v) is 8.41. The normalized spacial score (nSPS) is 21.4. The quantitative estimate of drug-likeness (QED) is 0.693. The molecule has 1 saturated heterocycles. The van der Waals surface area contributed by atoms with Crippen LogP contribution in [0, 0.1) is 5.92 Å². The lowest BCUT2D eigenvalue weighted by atomic mass is 9.96. The Morgan fingerprint density at radius 1 is 1.32 bits per heavy atom. The monoisotopic (exact) mass is 388 g/mol. The number of carbonyl (C=O) groups is 1.